The van der Waals surface area contributed by atoms with Crippen LogP contribution in [0.2, 0.25) is 0 Å². The fourth-order valence-electron chi connectivity index (χ4n) is 3.02. The van der Waals surface area contributed by atoms with Gasteiger partial charge in [-0.05, 0) is 24.5 Å². The van der Waals surface area contributed by atoms with E-state index in [0.717, 1.165) is 61.2 Å². The second kappa shape index (κ2) is 7.10. The average Bonchev–Trinajstić information content (AvgIpc) is 2.59. The number of nitro benzene ring substituents is 1. The number of alkyl halides is 1. The van der Waals surface area contributed by atoms with E-state index in [2.05, 4.69) is 15.2 Å². The van der Waals surface area contributed by atoms with Gasteiger partial charge in [0.05, 0.1) is 16.1 Å². The lowest BCUT2D eigenvalue weighted by Crippen LogP contribution is -2.44. The van der Waals surface area contributed by atoms with Crippen molar-refractivity contribution in [3.05, 3.63) is 40.1 Å². The van der Waals surface area contributed by atoms with Gasteiger partial charge in [0.1, 0.15) is 0 Å². The monoisotopic (exact) mass is 334 g/mol. The first kappa shape index (κ1) is 16.0. The lowest BCUT2D eigenvalue weighted by molar-refractivity contribution is -0.384. The van der Waals surface area contributed by atoms with Crippen LogP contribution in [-0.4, -0.2) is 42.0 Å². The molecule has 0 amide bonds. The van der Waals surface area contributed by atoms with Crippen LogP contribution in [0.5, 0.6) is 0 Å². The first-order chi connectivity index (χ1) is 11.2. The second-order valence-electron chi connectivity index (χ2n) is 5.62. The molecule has 0 unspecified atom stereocenters. The number of halogens is 1. The van der Waals surface area contributed by atoms with Crippen molar-refractivity contribution in [2.24, 2.45) is 0 Å². The highest BCUT2D eigenvalue weighted by Crippen LogP contribution is 2.33. The van der Waals surface area contributed by atoms with E-state index in [1.165, 1.54) is 6.07 Å². The number of anilines is 1. The van der Waals surface area contributed by atoms with Gasteiger partial charge in [-0.15, -0.1) is 11.6 Å². The van der Waals surface area contributed by atoms with Crippen molar-refractivity contribution in [2.45, 2.75) is 12.8 Å². The van der Waals surface area contributed by atoms with Crippen LogP contribution in [0.15, 0.2) is 24.4 Å². The number of fused-ring (bicyclic) bond motifs is 1. The van der Waals surface area contributed by atoms with Crippen molar-refractivity contribution >= 4 is 33.9 Å². The van der Waals surface area contributed by atoms with Gasteiger partial charge in [-0.25, -0.2) is 0 Å². The quantitative estimate of drug-likeness (QED) is 0.517. The van der Waals surface area contributed by atoms with Crippen LogP contribution in [-0.2, 0) is 6.42 Å². The van der Waals surface area contributed by atoms with Crippen LogP contribution < -0.4 is 10.2 Å². The van der Waals surface area contributed by atoms with Crippen LogP contribution in [0.3, 0.4) is 0 Å². The van der Waals surface area contributed by atoms with Gasteiger partial charge in [-0.2, -0.15) is 0 Å². The van der Waals surface area contributed by atoms with Crippen molar-refractivity contribution in [3.8, 4) is 0 Å². The number of nitro groups is 1. The summed E-state index contributed by atoms with van der Waals surface area (Å²) in [6, 6.07) is 4.88. The zero-order valence-electron chi connectivity index (χ0n) is 12.8. The predicted molar refractivity (Wildman–Crippen MR) is 92.5 cm³/mol. The minimum Gasteiger partial charge on any atom is -0.368 e. The molecular formula is C16H19ClN4O2. The lowest BCUT2D eigenvalue weighted by atomic mass is 10.0. The van der Waals surface area contributed by atoms with E-state index in [0.29, 0.717) is 5.88 Å². The molecule has 23 heavy (non-hydrogen) atoms. The third-order valence-electron chi connectivity index (χ3n) is 4.12. The molecule has 1 aliphatic rings. The molecule has 0 radical (unpaired) electrons. The van der Waals surface area contributed by atoms with Gasteiger partial charge in [0.2, 0.25) is 0 Å². The smallest absolute Gasteiger partial charge is 0.270 e. The standard InChI is InChI=1S/C16H19ClN4O2/c17-5-1-2-12-11-19-15-4-3-13(21(22)23)10-14(15)16(12)20-8-6-18-7-9-20/h3-4,10-11,18H,1-2,5-9H2. The van der Waals surface area contributed by atoms with Crippen molar-refractivity contribution in [2.75, 3.05) is 37.0 Å². The van der Waals surface area contributed by atoms with E-state index in [1.807, 2.05) is 6.20 Å². The zero-order chi connectivity index (χ0) is 16.2. The summed E-state index contributed by atoms with van der Waals surface area (Å²) in [7, 11) is 0. The molecule has 0 bridgehead atoms. The SMILES string of the molecule is O=[N+]([O-])c1ccc2ncc(CCCCl)c(N3CCNCC3)c2c1. The highest BCUT2D eigenvalue weighted by molar-refractivity contribution is 6.17. The Morgan fingerprint density at radius 2 is 2.13 bits per heavy atom. The summed E-state index contributed by atoms with van der Waals surface area (Å²) in [5.74, 6) is 0.591. The molecule has 0 aliphatic carbocycles. The van der Waals surface area contributed by atoms with E-state index in [4.69, 9.17) is 11.6 Å². The molecule has 6 nitrogen and oxygen atoms in total. The first-order valence-electron chi connectivity index (χ1n) is 7.78. The van der Waals surface area contributed by atoms with Gasteiger partial charge in [0.15, 0.2) is 0 Å². The van der Waals surface area contributed by atoms with E-state index in [-0.39, 0.29) is 10.6 Å². The molecule has 1 N–H and O–H groups in total. The Morgan fingerprint density at radius 3 is 2.83 bits per heavy atom. The summed E-state index contributed by atoms with van der Waals surface area (Å²) in [6.07, 6.45) is 3.58. The van der Waals surface area contributed by atoms with Gasteiger partial charge in [0.25, 0.3) is 5.69 Å². The third-order valence-corrected chi connectivity index (χ3v) is 4.39. The Labute approximate surface area is 139 Å². The normalized spacial score (nSPS) is 15.1. The molecule has 122 valence electrons. The Hall–Kier alpha value is -1.92. The minimum absolute atomic E-state index is 0.102. The molecule has 0 spiro atoms. The topological polar surface area (TPSA) is 71.3 Å². The molecule has 1 saturated heterocycles. The summed E-state index contributed by atoms with van der Waals surface area (Å²) in [4.78, 5) is 17.6. The van der Waals surface area contributed by atoms with Gasteiger partial charge in [-0.1, -0.05) is 0 Å². The Kier molecular flexibility index (Phi) is 4.93. The van der Waals surface area contributed by atoms with Crippen molar-refractivity contribution in [1.82, 2.24) is 10.3 Å². The van der Waals surface area contributed by atoms with Gasteiger partial charge < -0.3 is 10.2 Å². The van der Waals surface area contributed by atoms with E-state index in [9.17, 15) is 10.1 Å². The predicted octanol–water partition coefficient (Wildman–Crippen LogP) is 2.72. The number of piperazine rings is 1. The number of aromatic nitrogens is 1. The molecule has 1 fully saturated rings. The third kappa shape index (κ3) is 3.38. The van der Waals surface area contributed by atoms with E-state index in [1.54, 1.807) is 12.1 Å². The number of pyridine rings is 1. The largest absolute Gasteiger partial charge is 0.368 e. The molecule has 7 heteroatoms. The number of nitrogens with one attached hydrogen (secondary N) is 1. The summed E-state index contributed by atoms with van der Waals surface area (Å²) >= 11 is 5.84. The number of hydrogen-bond donors (Lipinski definition) is 1. The minimum atomic E-state index is -0.355. The van der Waals surface area contributed by atoms with E-state index < -0.39 is 0 Å². The highest BCUT2D eigenvalue weighted by Gasteiger charge is 2.19. The average molecular weight is 335 g/mol. The maximum atomic E-state index is 11.1. The lowest BCUT2D eigenvalue weighted by Gasteiger charge is -2.32. The number of rotatable bonds is 5. The van der Waals surface area contributed by atoms with Crippen molar-refractivity contribution in [3.63, 3.8) is 0 Å². The van der Waals surface area contributed by atoms with Crippen LogP contribution in [0.1, 0.15) is 12.0 Å². The van der Waals surface area contributed by atoms with Gasteiger partial charge in [-0.3, -0.25) is 15.1 Å². The van der Waals surface area contributed by atoms with Crippen LogP contribution >= 0.6 is 11.6 Å². The zero-order valence-corrected chi connectivity index (χ0v) is 13.6. The first-order valence-corrected chi connectivity index (χ1v) is 8.32. The van der Waals surface area contributed by atoms with Crippen molar-refractivity contribution in [1.29, 1.82) is 0 Å². The highest BCUT2D eigenvalue weighted by atomic mass is 35.5. The summed E-state index contributed by atoms with van der Waals surface area (Å²) in [6.45, 7) is 3.59. The molecule has 3 rings (SSSR count). The van der Waals surface area contributed by atoms with Crippen LogP contribution in [0.4, 0.5) is 11.4 Å². The van der Waals surface area contributed by atoms with Gasteiger partial charge >= 0.3 is 0 Å². The molecule has 1 aromatic carbocycles. The summed E-state index contributed by atoms with van der Waals surface area (Å²) in [5, 5.41) is 15.3. The molecule has 0 saturated carbocycles. The number of hydrogen-bond acceptors (Lipinski definition) is 5. The fourth-order valence-corrected chi connectivity index (χ4v) is 3.16. The summed E-state index contributed by atoms with van der Waals surface area (Å²) in [5.41, 5.74) is 3.08. The van der Waals surface area contributed by atoms with Crippen LogP contribution in [0, 0.1) is 10.1 Å². The Morgan fingerprint density at radius 1 is 1.35 bits per heavy atom. The second-order valence-corrected chi connectivity index (χ2v) is 6.00. The number of aryl methyl sites for hydroxylation is 1. The van der Waals surface area contributed by atoms with E-state index >= 15 is 0 Å². The Bertz CT molecular complexity index is 717. The molecular weight excluding hydrogens is 316 g/mol. The maximum Gasteiger partial charge on any atom is 0.270 e. The maximum absolute atomic E-state index is 11.1. The van der Waals surface area contributed by atoms with Gasteiger partial charge in [0, 0.05) is 55.8 Å². The molecule has 1 aliphatic heterocycles. The molecule has 1 aromatic heterocycles. The Balaban J connectivity index is 2.14. The summed E-state index contributed by atoms with van der Waals surface area (Å²) < 4.78 is 0. The number of non-ortho nitro benzene ring substituents is 1. The fraction of sp³-hybridized carbons (Fsp3) is 0.438. The van der Waals surface area contributed by atoms with Crippen LogP contribution in [0.25, 0.3) is 10.9 Å². The number of nitrogens with zero attached hydrogens (tertiary/aromatic N) is 3. The molecule has 2 heterocycles. The van der Waals surface area contributed by atoms with Crippen molar-refractivity contribution < 1.29 is 4.92 Å². The number of benzene rings is 1. The molecule has 2 aromatic rings. The molecule has 0 atom stereocenters.